The molecule has 4 rings (SSSR count). The highest BCUT2D eigenvalue weighted by Crippen LogP contribution is 2.17. The van der Waals surface area contributed by atoms with E-state index in [9.17, 15) is 0 Å². The Morgan fingerprint density at radius 3 is 2.21 bits per heavy atom. The second-order valence-electron chi connectivity index (χ2n) is 6.77. The minimum Gasteiger partial charge on any atom is -0.497 e. The van der Waals surface area contributed by atoms with Crippen LogP contribution in [0.1, 0.15) is 11.1 Å². The van der Waals surface area contributed by atoms with Crippen molar-refractivity contribution in [3.8, 4) is 11.5 Å². The fourth-order valence-corrected chi connectivity index (χ4v) is 3.27. The molecule has 0 unspecified atom stereocenters. The standard InChI is InChI=1S/C24H24N2O2/c1-27-22-10-6-20(7-11-22)15-17-28-23-12-8-19(9-13-23)14-16-26-24-5-3-2-4-21(24)18-25-26/h2-13,18H,14-17H2,1H3. The molecule has 0 saturated carbocycles. The van der Waals surface area contributed by atoms with Crippen LogP contribution < -0.4 is 9.47 Å². The molecule has 0 bridgehead atoms. The molecule has 0 N–H and O–H groups in total. The molecule has 0 aliphatic rings. The summed E-state index contributed by atoms with van der Waals surface area (Å²) < 4.78 is 13.1. The zero-order valence-corrected chi connectivity index (χ0v) is 16.0. The van der Waals surface area contributed by atoms with Crippen molar-refractivity contribution in [2.75, 3.05) is 13.7 Å². The Morgan fingerprint density at radius 1 is 0.786 bits per heavy atom. The third-order valence-electron chi connectivity index (χ3n) is 4.91. The van der Waals surface area contributed by atoms with Gasteiger partial charge in [-0.25, -0.2) is 0 Å². The van der Waals surface area contributed by atoms with Gasteiger partial charge < -0.3 is 9.47 Å². The van der Waals surface area contributed by atoms with Crippen LogP contribution in [0.3, 0.4) is 0 Å². The first-order chi connectivity index (χ1) is 13.8. The van der Waals surface area contributed by atoms with Gasteiger partial charge in [-0.15, -0.1) is 0 Å². The summed E-state index contributed by atoms with van der Waals surface area (Å²) in [5.41, 5.74) is 3.70. The molecule has 4 heteroatoms. The molecule has 1 heterocycles. The van der Waals surface area contributed by atoms with Crippen molar-refractivity contribution in [2.45, 2.75) is 19.4 Å². The largest absolute Gasteiger partial charge is 0.497 e. The first kappa shape index (κ1) is 18.1. The monoisotopic (exact) mass is 372 g/mol. The van der Waals surface area contributed by atoms with E-state index in [1.54, 1.807) is 7.11 Å². The fourth-order valence-electron chi connectivity index (χ4n) is 3.27. The minimum absolute atomic E-state index is 0.658. The number of methoxy groups -OCH3 is 1. The Kier molecular flexibility index (Phi) is 5.57. The summed E-state index contributed by atoms with van der Waals surface area (Å²) in [5.74, 6) is 1.78. The molecule has 0 saturated heterocycles. The van der Waals surface area contributed by atoms with E-state index in [0.29, 0.717) is 6.61 Å². The van der Waals surface area contributed by atoms with Crippen LogP contribution in [0.4, 0.5) is 0 Å². The summed E-state index contributed by atoms with van der Waals surface area (Å²) in [5, 5.41) is 5.68. The van der Waals surface area contributed by atoms with Crippen LogP contribution in [0.2, 0.25) is 0 Å². The Balaban J connectivity index is 1.27. The molecule has 4 aromatic rings. The van der Waals surface area contributed by atoms with Crippen LogP contribution in [0, 0.1) is 0 Å². The van der Waals surface area contributed by atoms with E-state index in [2.05, 4.69) is 52.2 Å². The summed E-state index contributed by atoms with van der Waals surface area (Å²) in [4.78, 5) is 0. The molecule has 0 atom stereocenters. The summed E-state index contributed by atoms with van der Waals surface area (Å²) in [6, 6.07) is 24.8. The molecule has 1 aromatic heterocycles. The van der Waals surface area contributed by atoms with E-state index in [0.717, 1.165) is 30.9 Å². The molecule has 0 amide bonds. The number of hydrogen-bond donors (Lipinski definition) is 0. The molecular formula is C24H24N2O2. The number of aromatic nitrogens is 2. The normalized spacial score (nSPS) is 10.9. The molecular weight excluding hydrogens is 348 g/mol. The molecule has 3 aromatic carbocycles. The third-order valence-corrected chi connectivity index (χ3v) is 4.91. The zero-order chi connectivity index (χ0) is 19.2. The van der Waals surface area contributed by atoms with Gasteiger partial charge in [0.2, 0.25) is 0 Å². The molecule has 0 aliphatic heterocycles. The number of para-hydroxylation sites is 1. The summed E-state index contributed by atoms with van der Waals surface area (Å²) in [6.07, 6.45) is 3.74. The van der Waals surface area contributed by atoms with E-state index in [-0.39, 0.29) is 0 Å². The molecule has 0 fully saturated rings. The van der Waals surface area contributed by atoms with Gasteiger partial charge in [0, 0.05) is 18.4 Å². The average Bonchev–Trinajstić information content (AvgIpc) is 3.17. The minimum atomic E-state index is 0.658. The smallest absolute Gasteiger partial charge is 0.119 e. The first-order valence-electron chi connectivity index (χ1n) is 9.57. The van der Waals surface area contributed by atoms with Gasteiger partial charge in [-0.2, -0.15) is 5.10 Å². The lowest BCUT2D eigenvalue weighted by atomic mass is 10.1. The zero-order valence-electron chi connectivity index (χ0n) is 16.0. The van der Waals surface area contributed by atoms with Crippen molar-refractivity contribution in [2.24, 2.45) is 0 Å². The molecule has 28 heavy (non-hydrogen) atoms. The van der Waals surface area contributed by atoms with E-state index in [1.165, 1.54) is 22.0 Å². The number of rotatable bonds is 8. The van der Waals surface area contributed by atoms with Crippen LogP contribution >= 0.6 is 0 Å². The Bertz CT molecular complexity index is 1020. The van der Waals surface area contributed by atoms with Crippen LogP contribution in [0.5, 0.6) is 11.5 Å². The fraction of sp³-hybridized carbons (Fsp3) is 0.208. The summed E-state index contributed by atoms with van der Waals surface area (Å²) >= 11 is 0. The van der Waals surface area contributed by atoms with Gasteiger partial charge in [0.25, 0.3) is 0 Å². The quantitative estimate of drug-likeness (QED) is 0.441. The van der Waals surface area contributed by atoms with Crippen molar-refractivity contribution in [3.63, 3.8) is 0 Å². The number of benzene rings is 3. The molecule has 0 aliphatic carbocycles. The molecule has 142 valence electrons. The lowest BCUT2D eigenvalue weighted by Crippen LogP contribution is -2.03. The highest BCUT2D eigenvalue weighted by molar-refractivity contribution is 5.78. The van der Waals surface area contributed by atoms with Crippen molar-refractivity contribution < 1.29 is 9.47 Å². The lowest BCUT2D eigenvalue weighted by molar-refractivity contribution is 0.321. The van der Waals surface area contributed by atoms with E-state index >= 15 is 0 Å². The van der Waals surface area contributed by atoms with Crippen LogP contribution in [-0.4, -0.2) is 23.5 Å². The Hall–Kier alpha value is -3.27. The average molecular weight is 372 g/mol. The predicted octanol–water partition coefficient (Wildman–Crippen LogP) is 4.91. The van der Waals surface area contributed by atoms with Gasteiger partial charge in [0.1, 0.15) is 11.5 Å². The molecule has 4 nitrogen and oxygen atoms in total. The Labute approximate surface area is 165 Å². The predicted molar refractivity (Wildman–Crippen MR) is 112 cm³/mol. The number of fused-ring (bicyclic) bond motifs is 1. The second-order valence-corrected chi connectivity index (χ2v) is 6.77. The van der Waals surface area contributed by atoms with Crippen LogP contribution in [-0.2, 0) is 19.4 Å². The first-order valence-corrected chi connectivity index (χ1v) is 9.57. The van der Waals surface area contributed by atoms with E-state index in [4.69, 9.17) is 9.47 Å². The van der Waals surface area contributed by atoms with Crippen LogP contribution in [0.15, 0.2) is 79.0 Å². The third kappa shape index (κ3) is 4.34. The molecule has 0 spiro atoms. The Morgan fingerprint density at radius 2 is 1.46 bits per heavy atom. The van der Waals surface area contributed by atoms with Crippen molar-refractivity contribution in [1.29, 1.82) is 0 Å². The van der Waals surface area contributed by atoms with Crippen molar-refractivity contribution in [1.82, 2.24) is 9.78 Å². The number of ether oxygens (including phenoxy) is 2. The SMILES string of the molecule is COc1ccc(CCOc2ccc(CCn3ncc4ccccc43)cc2)cc1. The summed E-state index contributed by atoms with van der Waals surface area (Å²) in [6.45, 7) is 1.52. The topological polar surface area (TPSA) is 36.3 Å². The van der Waals surface area contributed by atoms with Gasteiger partial charge in [-0.3, -0.25) is 4.68 Å². The van der Waals surface area contributed by atoms with Gasteiger partial charge in [-0.05, 0) is 47.9 Å². The van der Waals surface area contributed by atoms with Gasteiger partial charge >= 0.3 is 0 Å². The lowest BCUT2D eigenvalue weighted by Gasteiger charge is -2.08. The van der Waals surface area contributed by atoms with E-state index < -0.39 is 0 Å². The number of aryl methyl sites for hydroxylation is 2. The highest BCUT2D eigenvalue weighted by Gasteiger charge is 2.03. The van der Waals surface area contributed by atoms with Crippen LogP contribution in [0.25, 0.3) is 10.9 Å². The maximum Gasteiger partial charge on any atom is 0.119 e. The van der Waals surface area contributed by atoms with E-state index in [1.807, 2.05) is 36.5 Å². The second kappa shape index (κ2) is 8.61. The maximum absolute atomic E-state index is 5.88. The maximum atomic E-state index is 5.88. The highest BCUT2D eigenvalue weighted by atomic mass is 16.5. The summed E-state index contributed by atoms with van der Waals surface area (Å²) in [7, 11) is 1.68. The van der Waals surface area contributed by atoms with Crippen molar-refractivity contribution >= 4 is 10.9 Å². The van der Waals surface area contributed by atoms with Gasteiger partial charge in [0.15, 0.2) is 0 Å². The van der Waals surface area contributed by atoms with Gasteiger partial charge in [-0.1, -0.05) is 42.5 Å². The van der Waals surface area contributed by atoms with Crippen molar-refractivity contribution in [3.05, 3.63) is 90.1 Å². The number of hydrogen-bond acceptors (Lipinski definition) is 3. The molecule has 0 radical (unpaired) electrons. The number of nitrogens with zero attached hydrogens (tertiary/aromatic N) is 2. The van der Waals surface area contributed by atoms with Gasteiger partial charge in [0.05, 0.1) is 25.4 Å².